The summed E-state index contributed by atoms with van der Waals surface area (Å²) in [5, 5.41) is 6.94. The molecule has 42 heavy (non-hydrogen) atoms. The molecule has 1 unspecified atom stereocenters. The third kappa shape index (κ3) is 6.14. The summed E-state index contributed by atoms with van der Waals surface area (Å²) in [6.07, 6.45) is 9.90. The minimum Gasteiger partial charge on any atom is -0.356 e. The van der Waals surface area contributed by atoms with Gasteiger partial charge in [0.25, 0.3) is 5.91 Å². The highest BCUT2D eigenvalue weighted by Crippen LogP contribution is 2.28. The fourth-order valence-corrected chi connectivity index (χ4v) is 5.57. The lowest BCUT2D eigenvalue weighted by atomic mass is 9.91. The van der Waals surface area contributed by atoms with Gasteiger partial charge in [-0.15, -0.1) is 0 Å². The molecule has 2 aromatic carbocycles. The van der Waals surface area contributed by atoms with Gasteiger partial charge in [0.1, 0.15) is 5.82 Å². The van der Waals surface area contributed by atoms with Crippen molar-refractivity contribution in [2.75, 3.05) is 25.5 Å². The number of nitrogens with one attached hydrogen (secondary N) is 1. The number of nitrogens with zero attached hydrogens (tertiary/aromatic N) is 5. The van der Waals surface area contributed by atoms with Crippen LogP contribution >= 0.6 is 0 Å². The van der Waals surface area contributed by atoms with Gasteiger partial charge in [-0.05, 0) is 99.3 Å². The highest BCUT2D eigenvalue weighted by Gasteiger charge is 2.19. The molecule has 3 aromatic heterocycles. The number of benzene rings is 2. The van der Waals surface area contributed by atoms with E-state index >= 15 is 0 Å². The van der Waals surface area contributed by atoms with E-state index in [0.717, 1.165) is 52.3 Å². The van der Waals surface area contributed by atoms with Crippen molar-refractivity contribution >= 4 is 11.6 Å². The van der Waals surface area contributed by atoms with Crippen LogP contribution in [0.15, 0.2) is 83.9 Å². The third-order valence-electron chi connectivity index (χ3n) is 7.97. The topological polar surface area (TPSA) is 97.0 Å². The van der Waals surface area contributed by atoms with Crippen LogP contribution in [0.1, 0.15) is 57.2 Å². The quantitative estimate of drug-likeness (QED) is 0.245. The average molecular weight is 559 g/mol. The molecule has 6 rings (SSSR count). The zero-order valence-electron chi connectivity index (χ0n) is 24.2. The Morgan fingerprint density at radius 2 is 1.83 bits per heavy atom. The predicted molar refractivity (Wildman–Crippen MR) is 163 cm³/mol. The van der Waals surface area contributed by atoms with Crippen LogP contribution in [0.5, 0.6) is 0 Å². The number of anilines is 1. The molecule has 1 fully saturated rings. The van der Waals surface area contributed by atoms with E-state index in [2.05, 4.69) is 44.5 Å². The lowest BCUT2D eigenvalue weighted by Gasteiger charge is -2.30. The molecule has 8 heteroatoms. The lowest BCUT2D eigenvalue weighted by molar-refractivity contribution is 0.102. The molecule has 1 N–H and O–H groups in total. The summed E-state index contributed by atoms with van der Waals surface area (Å²) in [6.45, 7) is 6.23. The third-order valence-corrected chi connectivity index (χ3v) is 7.97. The van der Waals surface area contributed by atoms with Gasteiger partial charge < -0.3 is 14.7 Å². The van der Waals surface area contributed by atoms with E-state index in [1.807, 2.05) is 56.3 Å². The number of carbonyl (C=O) groups excluding carboxylic acids is 1. The van der Waals surface area contributed by atoms with Crippen molar-refractivity contribution in [1.82, 2.24) is 25.0 Å². The Labute approximate surface area is 245 Å². The zero-order chi connectivity index (χ0) is 29.1. The number of carbonyl (C=O) groups is 1. The summed E-state index contributed by atoms with van der Waals surface area (Å²) in [7, 11) is 2.18. The van der Waals surface area contributed by atoms with Gasteiger partial charge in [0.15, 0.2) is 5.76 Å². The second-order valence-electron chi connectivity index (χ2n) is 11.2. The lowest BCUT2D eigenvalue weighted by Crippen LogP contribution is -2.30. The zero-order valence-corrected chi connectivity index (χ0v) is 24.2. The van der Waals surface area contributed by atoms with Crippen LogP contribution in [0.3, 0.4) is 0 Å². The Morgan fingerprint density at radius 3 is 2.62 bits per heavy atom. The predicted octanol–water partition coefficient (Wildman–Crippen LogP) is 6.46. The molecule has 0 spiro atoms. The smallest absolute Gasteiger partial charge is 0.255 e. The number of piperidine rings is 1. The molecule has 1 saturated heterocycles. The summed E-state index contributed by atoms with van der Waals surface area (Å²) in [6, 6.07) is 17.9. The Kier molecular flexibility index (Phi) is 7.88. The summed E-state index contributed by atoms with van der Waals surface area (Å²) < 4.78 is 5.40. The Hall–Kier alpha value is -4.69. The SMILES string of the molecule is Cc1ccc(C(=O)Nc2ccc(C3CCCN(C)C3)cc2)cc1Cc1nccc(-c2cncc(-c3oncc3C)c2)n1. The van der Waals surface area contributed by atoms with E-state index in [1.165, 1.54) is 18.4 Å². The first-order valence-corrected chi connectivity index (χ1v) is 14.3. The number of likely N-dealkylation sites (tertiary alicyclic amines) is 1. The number of aryl methyl sites for hydroxylation is 2. The van der Waals surface area contributed by atoms with Crippen LogP contribution in [-0.2, 0) is 6.42 Å². The molecule has 4 heterocycles. The van der Waals surface area contributed by atoms with Crippen molar-refractivity contribution in [1.29, 1.82) is 0 Å². The first-order chi connectivity index (χ1) is 20.4. The number of rotatable bonds is 7. The van der Waals surface area contributed by atoms with Crippen molar-refractivity contribution < 1.29 is 9.32 Å². The number of amides is 1. The molecule has 0 saturated carbocycles. The maximum Gasteiger partial charge on any atom is 0.255 e. The molecule has 5 aromatic rings. The molecule has 0 bridgehead atoms. The van der Waals surface area contributed by atoms with Gasteiger partial charge in [0, 0.05) is 59.5 Å². The molecule has 8 nitrogen and oxygen atoms in total. The second kappa shape index (κ2) is 12.0. The minimum absolute atomic E-state index is 0.137. The molecule has 1 amide bonds. The Balaban J connectivity index is 1.16. The number of likely N-dealkylation sites (N-methyl/N-ethyl adjacent to an activating group) is 1. The fourth-order valence-electron chi connectivity index (χ4n) is 5.57. The van der Waals surface area contributed by atoms with Crippen LogP contribution < -0.4 is 5.32 Å². The number of aromatic nitrogens is 4. The van der Waals surface area contributed by atoms with E-state index in [4.69, 9.17) is 9.51 Å². The molecule has 212 valence electrons. The van der Waals surface area contributed by atoms with E-state index in [9.17, 15) is 4.79 Å². The van der Waals surface area contributed by atoms with Gasteiger partial charge in [0.2, 0.25) is 0 Å². The van der Waals surface area contributed by atoms with Gasteiger partial charge in [0.05, 0.1) is 11.9 Å². The van der Waals surface area contributed by atoms with Crippen LogP contribution in [0.2, 0.25) is 0 Å². The summed E-state index contributed by atoms with van der Waals surface area (Å²) in [4.78, 5) is 29.3. The van der Waals surface area contributed by atoms with Crippen LogP contribution in [-0.4, -0.2) is 51.1 Å². The van der Waals surface area contributed by atoms with Crippen molar-refractivity contribution in [3.8, 4) is 22.6 Å². The monoisotopic (exact) mass is 558 g/mol. The number of hydrogen-bond donors (Lipinski definition) is 1. The second-order valence-corrected chi connectivity index (χ2v) is 11.2. The molecule has 1 aliphatic rings. The standard InChI is InChI=1S/C34H34N6O2/c1-22-6-7-25(34(41)38-30-10-8-24(9-11-30)26-5-4-14-40(3)21-26)15-27(22)17-32-36-13-12-31(39-32)28-16-29(20-35-19-28)33-23(2)18-37-42-33/h6-13,15-16,18-20,26H,4-5,14,17,21H2,1-3H3,(H,38,41). The first kappa shape index (κ1) is 27.5. The summed E-state index contributed by atoms with van der Waals surface area (Å²) in [5.41, 5.74) is 8.21. The summed E-state index contributed by atoms with van der Waals surface area (Å²) >= 11 is 0. The van der Waals surface area contributed by atoms with Crippen LogP contribution in [0, 0.1) is 13.8 Å². The van der Waals surface area contributed by atoms with Crippen LogP contribution in [0.25, 0.3) is 22.6 Å². The molecule has 1 atom stereocenters. The number of pyridine rings is 1. The first-order valence-electron chi connectivity index (χ1n) is 14.3. The van der Waals surface area contributed by atoms with Crippen molar-refractivity contribution in [3.05, 3.63) is 113 Å². The minimum atomic E-state index is -0.137. The molecule has 0 aliphatic carbocycles. The van der Waals surface area contributed by atoms with Gasteiger partial charge in [-0.3, -0.25) is 9.78 Å². The fraction of sp³-hybridized carbons (Fsp3) is 0.265. The van der Waals surface area contributed by atoms with E-state index < -0.39 is 0 Å². The molecular formula is C34H34N6O2. The Bertz CT molecular complexity index is 1710. The molecular weight excluding hydrogens is 524 g/mol. The van der Waals surface area contributed by atoms with Crippen molar-refractivity contribution in [2.45, 2.75) is 39.0 Å². The van der Waals surface area contributed by atoms with Gasteiger partial charge >= 0.3 is 0 Å². The maximum absolute atomic E-state index is 13.2. The van der Waals surface area contributed by atoms with Crippen molar-refractivity contribution in [3.63, 3.8) is 0 Å². The van der Waals surface area contributed by atoms with Gasteiger partial charge in [-0.1, -0.05) is 23.4 Å². The largest absolute Gasteiger partial charge is 0.356 e. The molecule has 0 radical (unpaired) electrons. The highest BCUT2D eigenvalue weighted by atomic mass is 16.5. The van der Waals surface area contributed by atoms with Gasteiger partial charge in [-0.2, -0.15) is 0 Å². The highest BCUT2D eigenvalue weighted by molar-refractivity contribution is 6.04. The van der Waals surface area contributed by atoms with E-state index in [1.54, 1.807) is 24.8 Å². The van der Waals surface area contributed by atoms with Crippen molar-refractivity contribution in [2.24, 2.45) is 0 Å². The van der Waals surface area contributed by atoms with E-state index in [-0.39, 0.29) is 5.91 Å². The Morgan fingerprint density at radius 1 is 1.00 bits per heavy atom. The molecule has 1 aliphatic heterocycles. The maximum atomic E-state index is 13.2. The van der Waals surface area contributed by atoms with E-state index in [0.29, 0.717) is 29.5 Å². The normalized spacial score (nSPS) is 15.5. The van der Waals surface area contributed by atoms with Gasteiger partial charge in [-0.25, -0.2) is 9.97 Å². The summed E-state index contributed by atoms with van der Waals surface area (Å²) in [5.74, 6) is 1.77. The average Bonchev–Trinajstić information content (AvgIpc) is 3.44. The van der Waals surface area contributed by atoms with Crippen LogP contribution in [0.4, 0.5) is 5.69 Å². The number of hydrogen-bond acceptors (Lipinski definition) is 7.